The minimum Gasteiger partial charge on any atom is -0.465 e. The molecule has 0 aliphatic rings. The zero-order valence-corrected chi connectivity index (χ0v) is 9.38. The summed E-state index contributed by atoms with van der Waals surface area (Å²) < 4.78 is 40.1. The van der Waals surface area contributed by atoms with Gasteiger partial charge in [0.25, 0.3) is 5.91 Å². The van der Waals surface area contributed by atoms with Crippen LogP contribution in [0.25, 0.3) is 0 Å². The summed E-state index contributed by atoms with van der Waals surface area (Å²) in [6, 6.07) is 5.25. The van der Waals surface area contributed by atoms with E-state index < -0.39 is 24.6 Å². The predicted octanol–water partition coefficient (Wildman–Crippen LogP) is 1.77. The molecule has 98 valence electrons. The number of alkyl halides is 3. The van der Waals surface area contributed by atoms with Crippen molar-refractivity contribution in [2.24, 2.45) is 0 Å². The number of benzene rings is 1. The van der Waals surface area contributed by atoms with Crippen molar-refractivity contribution in [3.05, 3.63) is 35.4 Å². The highest BCUT2D eigenvalue weighted by atomic mass is 19.4. The van der Waals surface area contributed by atoms with Gasteiger partial charge in [-0.3, -0.25) is 4.79 Å². The van der Waals surface area contributed by atoms with Crippen LogP contribution in [0.1, 0.15) is 20.7 Å². The van der Waals surface area contributed by atoms with Gasteiger partial charge in [0.2, 0.25) is 0 Å². The smallest absolute Gasteiger partial charge is 0.405 e. The molecule has 1 amide bonds. The van der Waals surface area contributed by atoms with Gasteiger partial charge in [-0.05, 0) is 18.2 Å². The summed E-state index contributed by atoms with van der Waals surface area (Å²) in [5.74, 6) is -1.57. The molecule has 1 N–H and O–H groups in total. The fourth-order valence-corrected chi connectivity index (χ4v) is 1.19. The number of carbonyl (C=O) groups is 2. The molecule has 7 heteroatoms. The van der Waals surface area contributed by atoms with Crippen molar-refractivity contribution < 1.29 is 27.5 Å². The molecule has 0 aliphatic heterocycles. The Kier molecular flexibility index (Phi) is 4.30. The van der Waals surface area contributed by atoms with Crippen LogP contribution in [0, 0.1) is 0 Å². The van der Waals surface area contributed by atoms with E-state index in [-0.39, 0.29) is 11.1 Å². The number of halogens is 3. The Labute approximate surface area is 101 Å². The zero-order valence-electron chi connectivity index (χ0n) is 9.38. The maximum absolute atomic E-state index is 11.9. The second-order valence-electron chi connectivity index (χ2n) is 3.37. The second-order valence-corrected chi connectivity index (χ2v) is 3.37. The molecular formula is C11H10F3NO3. The number of hydrogen-bond donors (Lipinski definition) is 1. The monoisotopic (exact) mass is 261 g/mol. The van der Waals surface area contributed by atoms with Crippen molar-refractivity contribution in [3.63, 3.8) is 0 Å². The van der Waals surface area contributed by atoms with Crippen LogP contribution in [-0.2, 0) is 4.74 Å². The van der Waals surface area contributed by atoms with Crippen molar-refractivity contribution in [3.8, 4) is 0 Å². The molecule has 0 spiro atoms. The molecule has 0 fully saturated rings. The first-order valence-electron chi connectivity index (χ1n) is 4.87. The van der Waals surface area contributed by atoms with Crippen LogP contribution < -0.4 is 5.32 Å². The number of hydrogen-bond acceptors (Lipinski definition) is 3. The molecule has 0 aliphatic carbocycles. The normalized spacial score (nSPS) is 10.9. The minimum absolute atomic E-state index is 0.0397. The van der Waals surface area contributed by atoms with Gasteiger partial charge in [-0.2, -0.15) is 13.2 Å². The average Bonchev–Trinajstić information content (AvgIpc) is 2.34. The Balaban J connectivity index is 2.77. The lowest BCUT2D eigenvalue weighted by atomic mass is 10.1. The number of amides is 1. The first kappa shape index (κ1) is 14.0. The van der Waals surface area contributed by atoms with E-state index in [9.17, 15) is 22.8 Å². The molecule has 1 aromatic carbocycles. The summed E-state index contributed by atoms with van der Waals surface area (Å²) >= 11 is 0. The molecule has 0 bridgehead atoms. The van der Waals surface area contributed by atoms with Crippen LogP contribution in [0.4, 0.5) is 13.2 Å². The van der Waals surface area contributed by atoms with Crippen molar-refractivity contribution in [2.45, 2.75) is 6.18 Å². The molecule has 1 aromatic rings. The van der Waals surface area contributed by atoms with Gasteiger partial charge in [-0.15, -0.1) is 0 Å². The average molecular weight is 261 g/mol. The van der Waals surface area contributed by atoms with Crippen LogP contribution >= 0.6 is 0 Å². The van der Waals surface area contributed by atoms with Crippen molar-refractivity contribution >= 4 is 11.9 Å². The SMILES string of the molecule is COC(=O)c1cccc(C(=O)NCC(F)(F)F)c1. The molecule has 0 unspecified atom stereocenters. The third-order valence-corrected chi connectivity index (χ3v) is 2.00. The van der Waals surface area contributed by atoms with Crippen LogP contribution in [0.2, 0.25) is 0 Å². The van der Waals surface area contributed by atoms with Gasteiger partial charge >= 0.3 is 12.1 Å². The Morgan fingerprint density at radius 1 is 1.28 bits per heavy atom. The third-order valence-electron chi connectivity index (χ3n) is 2.00. The van der Waals surface area contributed by atoms with Gasteiger partial charge in [-0.25, -0.2) is 4.79 Å². The van der Waals surface area contributed by atoms with Crippen LogP contribution in [-0.4, -0.2) is 31.7 Å². The van der Waals surface area contributed by atoms with Gasteiger partial charge in [0.05, 0.1) is 12.7 Å². The van der Waals surface area contributed by atoms with E-state index in [0.29, 0.717) is 0 Å². The first-order valence-corrected chi connectivity index (χ1v) is 4.87. The minimum atomic E-state index is -4.48. The Morgan fingerprint density at radius 2 is 1.89 bits per heavy atom. The maximum Gasteiger partial charge on any atom is 0.405 e. The lowest BCUT2D eigenvalue weighted by molar-refractivity contribution is -0.123. The summed E-state index contributed by atoms with van der Waals surface area (Å²) in [6.45, 7) is -1.42. The van der Waals surface area contributed by atoms with Crippen LogP contribution in [0.3, 0.4) is 0 Å². The standard InChI is InChI=1S/C11H10F3NO3/c1-18-10(17)8-4-2-3-7(5-8)9(16)15-6-11(12,13)14/h2-5H,6H2,1H3,(H,15,16). The highest BCUT2D eigenvalue weighted by Gasteiger charge is 2.27. The Morgan fingerprint density at radius 3 is 2.44 bits per heavy atom. The Bertz CT molecular complexity index is 457. The largest absolute Gasteiger partial charge is 0.465 e. The highest BCUT2D eigenvalue weighted by Crippen LogP contribution is 2.13. The van der Waals surface area contributed by atoms with E-state index >= 15 is 0 Å². The van der Waals surface area contributed by atoms with Gasteiger partial charge < -0.3 is 10.1 Å². The fourth-order valence-electron chi connectivity index (χ4n) is 1.19. The molecule has 0 heterocycles. The highest BCUT2D eigenvalue weighted by molar-refractivity contribution is 5.97. The molecule has 18 heavy (non-hydrogen) atoms. The molecule has 1 rings (SSSR count). The molecule has 0 saturated heterocycles. The third kappa shape index (κ3) is 4.08. The maximum atomic E-state index is 11.9. The van der Waals surface area contributed by atoms with E-state index in [1.165, 1.54) is 25.3 Å². The van der Waals surface area contributed by atoms with Crippen molar-refractivity contribution in [1.29, 1.82) is 0 Å². The summed E-state index contributed by atoms with van der Waals surface area (Å²) in [4.78, 5) is 22.6. The molecule has 0 radical (unpaired) electrons. The number of rotatable bonds is 3. The van der Waals surface area contributed by atoms with Gasteiger partial charge in [-0.1, -0.05) is 6.07 Å². The van der Waals surface area contributed by atoms with E-state index in [0.717, 1.165) is 6.07 Å². The fraction of sp³-hybridized carbons (Fsp3) is 0.273. The van der Waals surface area contributed by atoms with Crippen molar-refractivity contribution in [2.75, 3.05) is 13.7 Å². The van der Waals surface area contributed by atoms with Crippen molar-refractivity contribution in [1.82, 2.24) is 5.32 Å². The molecule has 0 atom stereocenters. The van der Waals surface area contributed by atoms with E-state index in [4.69, 9.17) is 0 Å². The quantitative estimate of drug-likeness (QED) is 0.843. The molecule has 4 nitrogen and oxygen atoms in total. The number of methoxy groups -OCH3 is 1. The Hall–Kier alpha value is -2.05. The lowest BCUT2D eigenvalue weighted by Gasteiger charge is -2.08. The summed E-state index contributed by atoms with van der Waals surface area (Å²) in [6.07, 6.45) is -4.48. The zero-order chi connectivity index (χ0) is 13.8. The van der Waals surface area contributed by atoms with Gasteiger partial charge in [0, 0.05) is 5.56 Å². The number of nitrogens with one attached hydrogen (secondary N) is 1. The molecule has 0 saturated carbocycles. The number of ether oxygens (including phenoxy) is 1. The topological polar surface area (TPSA) is 55.4 Å². The van der Waals surface area contributed by atoms with E-state index in [1.807, 2.05) is 0 Å². The van der Waals surface area contributed by atoms with E-state index in [1.54, 1.807) is 5.32 Å². The number of carbonyl (C=O) groups excluding carboxylic acids is 2. The summed E-state index contributed by atoms with van der Waals surface area (Å²) in [5, 5.41) is 1.71. The lowest BCUT2D eigenvalue weighted by Crippen LogP contribution is -2.33. The van der Waals surface area contributed by atoms with Gasteiger partial charge in [0.15, 0.2) is 0 Å². The van der Waals surface area contributed by atoms with E-state index in [2.05, 4.69) is 4.74 Å². The molecule has 0 aromatic heterocycles. The second kappa shape index (κ2) is 5.52. The van der Waals surface area contributed by atoms with Gasteiger partial charge in [0.1, 0.15) is 6.54 Å². The number of esters is 1. The summed E-state index contributed by atoms with van der Waals surface area (Å²) in [5.41, 5.74) is 0.0549. The van der Waals surface area contributed by atoms with Crippen LogP contribution in [0.15, 0.2) is 24.3 Å². The predicted molar refractivity (Wildman–Crippen MR) is 56.2 cm³/mol. The van der Waals surface area contributed by atoms with Crippen LogP contribution in [0.5, 0.6) is 0 Å². The molecular weight excluding hydrogens is 251 g/mol. The summed E-state index contributed by atoms with van der Waals surface area (Å²) in [7, 11) is 1.17. The first-order chi connectivity index (χ1) is 8.33.